The number of hydrogen-bond acceptors (Lipinski definition) is 2. The van der Waals surface area contributed by atoms with Crippen molar-refractivity contribution in [3.63, 3.8) is 0 Å². The van der Waals surface area contributed by atoms with Crippen molar-refractivity contribution in [1.82, 2.24) is 4.90 Å². The first-order valence-electron chi connectivity index (χ1n) is 5.32. The van der Waals surface area contributed by atoms with Gasteiger partial charge in [-0.15, -0.1) is 24.0 Å². The topological polar surface area (TPSA) is 41.6 Å². The van der Waals surface area contributed by atoms with Gasteiger partial charge in [-0.05, 0) is 12.3 Å². The summed E-state index contributed by atoms with van der Waals surface area (Å²) in [5.74, 6) is 3.82. The third-order valence-corrected chi connectivity index (χ3v) is 3.26. The fourth-order valence-electron chi connectivity index (χ4n) is 1.33. The van der Waals surface area contributed by atoms with Crippen LogP contribution >= 0.6 is 35.7 Å². The van der Waals surface area contributed by atoms with E-state index in [1.54, 1.807) is 0 Å². The van der Waals surface area contributed by atoms with Crippen molar-refractivity contribution in [3.05, 3.63) is 0 Å². The molecule has 5 heteroatoms. The van der Waals surface area contributed by atoms with Crippen LogP contribution < -0.4 is 5.73 Å². The van der Waals surface area contributed by atoms with Crippen molar-refractivity contribution in [2.45, 2.75) is 20.3 Å². The summed E-state index contributed by atoms with van der Waals surface area (Å²) in [6.07, 6.45) is 1.13. The predicted octanol–water partition coefficient (Wildman–Crippen LogP) is 2.01. The molecule has 1 fully saturated rings. The molecule has 0 aliphatic carbocycles. The molecule has 1 rings (SSSR count). The summed E-state index contributed by atoms with van der Waals surface area (Å²) in [5.41, 5.74) is 5.90. The zero-order valence-corrected chi connectivity index (χ0v) is 12.8. The van der Waals surface area contributed by atoms with Crippen molar-refractivity contribution >= 4 is 41.7 Å². The molecule has 2 N–H and O–H groups in total. The van der Waals surface area contributed by atoms with Gasteiger partial charge in [0.15, 0.2) is 5.96 Å². The highest BCUT2D eigenvalue weighted by Gasteiger charge is 2.11. The average molecular weight is 343 g/mol. The Labute approximate surface area is 114 Å². The minimum absolute atomic E-state index is 0. The van der Waals surface area contributed by atoms with E-state index in [0.29, 0.717) is 5.92 Å². The van der Waals surface area contributed by atoms with Crippen LogP contribution in [0.2, 0.25) is 0 Å². The zero-order valence-electron chi connectivity index (χ0n) is 9.61. The molecule has 1 heterocycles. The van der Waals surface area contributed by atoms with E-state index in [1.807, 2.05) is 11.8 Å². The number of guanidine groups is 1. The molecule has 3 nitrogen and oxygen atoms in total. The van der Waals surface area contributed by atoms with Crippen LogP contribution in [0.5, 0.6) is 0 Å². The van der Waals surface area contributed by atoms with Crippen LogP contribution in [-0.2, 0) is 0 Å². The van der Waals surface area contributed by atoms with Gasteiger partial charge in [-0.1, -0.05) is 13.8 Å². The van der Waals surface area contributed by atoms with E-state index in [9.17, 15) is 0 Å². The van der Waals surface area contributed by atoms with Gasteiger partial charge < -0.3 is 10.6 Å². The molecule has 15 heavy (non-hydrogen) atoms. The quantitative estimate of drug-likeness (QED) is 0.484. The second-order valence-electron chi connectivity index (χ2n) is 4.02. The molecule has 1 saturated heterocycles. The van der Waals surface area contributed by atoms with Gasteiger partial charge in [0.05, 0.1) is 0 Å². The Hall–Kier alpha value is 0.350. The van der Waals surface area contributed by atoms with Gasteiger partial charge >= 0.3 is 0 Å². The zero-order chi connectivity index (χ0) is 10.4. The fraction of sp³-hybridized carbons (Fsp3) is 0.900. The minimum atomic E-state index is 0. The third-order valence-electron chi connectivity index (χ3n) is 2.32. The van der Waals surface area contributed by atoms with Gasteiger partial charge in [-0.25, -0.2) is 0 Å². The first-order chi connectivity index (χ1) is 6.70. The lowest BCUT2D eigenvalue weighted by Gasteiger charge is -2.27. The Bertz CT molecular complexity index is 191. The molecule has 1 aliphatic heterocycles. The minimum Gasteiger partial charge on any atom is -0.370 e. The van der Waals surface area contributed by atoms with E-state index in [4.69, 9.17) is 5.73 Å². The maximum atomic E-state index is 5.90. The Morgan fingerprint density at radius 3 is 2.53 bits per heavy atom. The third kappa shape index (κ3) is 6.50. The van der Waals surface area contributed by atoms with Crippen LogP contribution in [0.15, 0.2) is 4.99 Å². The van der Waals surface area contributed by atoms with Crippen LogP contribution in [0.4, 0.5) is 0 Å². The van der Waals surface area contributed by atoms with Gasteiger partial charge in [0, 0.05) is 31.1 Å². The molecule has 0 aromatic heterocycles. The van der Waals surface area contributed by atoms with Gasteiger partial charge in [0.2, 0.25) is 0 Å². The lowest BCUT2D eigenvalue weighted by Crippen LogP contribution is -2.42. The smallest absolute Gasteiger partial charge is 0.191 e. The van der Waals surface area contributed by atoms with E-state index < -0.39 is 0 Å². The maximum absolute atomic E-state index is 5.90. The van der Waals surface area contributed by atoms with Gasteiger partial charge in [0.1, 0.15) is 0 Å². The summed E-state index contributed by atoms with van der Waals surface area (Å²) in [7, 11) is 0. The van der Waals surface area contributed by atoms with E-state index >= 15 is 0 Å². The number of aliphatic imine (C=N–C) groups is 1. The van der Waals surface area contributed by atoms with Crippen LogP contribution in [0.25, 0.3) is 0 Å². The second-order valence-corrected chi connectivity index (χ2v) is 5.25. The largest absolute Gasteiger partial charge is 0.370 e. The standard InChI is InChI=1S/C10H21N3S.HI/c1-9(2)3-4-12-10(11)13-5-7-14-8-6-13;/h9H,3-8H2,1-2H3,(H2,11,12);1H. The Kier molecular flexibility index (Phi) is 8.69. The number of nitrogens with zero attached hydrogens (tertiary/aromatic N) is 2. The number of nitrogens with two attached hydrogens (primary N) is 1. The Morgan fingerprint density at radius 1 is 1.40 bits per heavy atom. The highest BCUT2D eigenvalue weighted by atomic mass is 127. The summed E-state index contributed by atoms with van der Waals surface area (Å²) in [5, 5.41) is 0. The molecule has 0 aromatic rings. The molecule has 90 valence electrons. The second kappa shape index (κ2) is 8.50. The lowest BCUT2D eigenvalue weighted by molar-refractivity contribution is 0.454. The monoisotopic (exact) mass is 343 g/mol. The van der Waals surface area contributed by atoms with Gasteiger partial charge in [0.25, 0.3) is 0 Å². The average Bonchev–Trinajstić information content (AvgIpc) is 2.18. The molecule has 0 spiro atoms. The van der Waals surface area contributed by atoms with Crippen molar-refractivity contribution in [2.24, 2.45) is 16.6 Å². The fourth-order valence-corrected chi connectivity index (χ4v) is 2.23. The van der Waals surface area contributed by atoms with Crippen molar-refractivity contribution in [3.8, 4) is 0 Å². The Morgan fingerprint density at radius 2 is 2.00 bits per heavy atom. The van der Waals surface area contributed by atoms with Crippen LogP contribution in [0, 0.1) is 5.92 Å². The molecule has 0 radical (unpaired) electrons. The maximum Gasteiger partial charge on any atom is 0.191 e. The highest BCUT2D eigenvalue weighted by Crippen LogP contribution is 2.08. The highest BCUT2D eigenvalue weighted by molar-refractivity contribution is 14.0. The first kappa shape index (κ1) is 15.3. The lowest BCUT2D eigenvalue weighted by atomic mass is 10.1. The summed E-state index contributed by atoms with van der Waals surface area (Å²) in [6.45, 7) is 7.41. The van der Waals surface area contributed by atoms with Crippen molar-refractivity contribution < 1.29 is 0 Å². The summed E-state index contributed by atoms with van der Waals surface area (Å²) in [6, 6.07) is 0. The van der Waals surface area contributed by atoms with Crippen molar-refractivity contribution in [2.75, 3.05) is 31.1 Å². The van der Waals surface area contributed by atoms with Crippen molar-refractivity contribution in [1.29, 1.82) is 0 Å². The SMILES string of the molecule is CC(C)CCN=C(N)N1CCSCC1.I. The molecule has 0 bridgehead atoms. The van der Waals surface area contributed by atoms with E-state index in [-0.39, 0.29) is 24.0 Å². The first-order valence-corrected chi connectivity index (χ1v) is 6.48. The predicted molar refractivity (Wildman–Crippen MR) is 80.3 cm³/mol. The van der Waals surface area contributed by atoms with Gasteiger partial charge in [-0.2, -0.15) is 11.8 Å². The molecular formula is C10H22IN3S. The number of hydrogen-bond donors (Lipinski definition) is 1. The van der Waals surface area contributed by atoms with E-state index in [1.165, 1.54) is 11.5 Å². The Balaban J connectivity index is 0.00000196. The van der Waals surface area contributed by atoms with Gasteiger partial charge in [-0.3, -0.25) is 4.99 Å². The molecule has 0 aromatic carbocycles. The van der Waals surface area contributed by atoms with Crippen LogP contribution in [0.1, 0.15) is 20.3 Å². The number of halogens is 1. The molecular weight excluding hydrogens is 321 g/mol. The van der Waals surface area contributed by atoms with Crippen LogP contribution in [0.3, 0.4) is 0 Å². The van der Waals surface area contributed by atoms with Crippen LogP contribution in [-0.4, -0.2) is 42.0 Å². The summed E-state index contributed by atoms with van der Waals surface area (Å²) in [4.78, 5) is 6.59. The number of thioether (sulfide) groups is 1. The van der Waals surface area contributed by atoms with E-state index in [2.05, 4.69) is 23.7 Å². The molecule has 0 atom stereocenters. The molecule has 1 aliphatic rings. The summed E-state index contributed by atoms with van der Waals surface area (Å²) >= 11 is 1.99. The molecule has 0 unspecified atom stereocenters. The van der Waals surface area contributed by atoms with E-state index in [0.717, 1.165) is 32.0 Å². The summed E-state index contributed by atoms with van der Waals surface area (Å²) < 4.78 is 0. The molecule has 0 saturated carbocycles. The molecule has 0 amide bonds. The normalized spacial score (nSPS) is 17.8. The number of rotatable bonds is 3.